The van der Waals surface area contributed by atoms with Gasteiger partial charge in [0.25, 0.3) is 0 Å². The first kappa shape index (κ1) is 9.59. The Kier molecular flexibility index (Phi) is 1.75. The maximum atomic E-state index is 4.75. The summed E-state index contributed by atoms with van der Waals surface area (Å²) < 4.78 is 1.93. The highest BCUT2D eigenvalue weighted by Crippen LogP contribution is 2.25. The molecule has 0 bridgehead atoms. The number of aryl methyl sites for hydroxylation is 1. The number of hydrogen-bond donors (Lipinski definition) is 1. The average molecular weight is 234 g/mol. The second-order valence-corrected chi connectivity index (χ2v) is 4.64. The standard InChI is InChI=1S/C15H11N3/c1-18-9-12-8-11-7-6-10-4-2-3-5-13(10)14(11)16-15(12)17-18/h2-9H,1H3/p+1. The third kappa shape index (κ3) is 1.24. The van der Waals surface area contributed by atoms with Gasteiger partial charge in [0.05, 0.1) is 10.9 Å². The maximum absolute atomic E-state index is 4.75. The zero-order chi connectivity index (χ0) is 12.1. The third-order valence-corrected chi connectivity index (χ3v) is 3.35. The van der Waals surface area contributed by atoms with Gasteiger partial charge >= 0.3 is 0 Å². The Morgan fingerprint density at radius 1 is 1.00 bits per heavy atom. The fraction of sp³-hybridized carbons (Fsp3) is 0.0667. The molecule has 18 heavy (non-hydrogen) atoms. The number of aromatic amines is 1. The Bertz CT molecular complexity index is 890. The molecular weight excluding hydrogens is 222 g/mol. The molecular formula is C15H12N3+. The van der Waals surface area contributed by atoms with E-state index in [2.05, 4.69) is 53.8 Å². The van der Waals surface area contributed by atoms with E-state index in [1.54, 1.807) is 0 Å². The first-order valence-electron chi connectivity index (χ1n) is 5.98. The van der Waals surface area contributed by atoms with Gasteiger partial charge in [-0.15, -0.1) is 9.78 Å². The lowest BCUT2D eigenvalue weighted by Crippen LogP contribution is -2.28. The molecule has 0 aliphatic carbocycles. The van der Waals surface area contributed by atoms with E-state index in [0.717, 1.165) is 16.6 Å². The van der Waals surface area contributed by atoms with Crippen molar-refractivity contribution in [3.05, 3.63) is 48.7 Å². The molecule has 0 spiro atoms. The van der Waals surface area contributed by atoms with Crippen molar-refractivity contribution in [3.8, 4) is 0 Å². The van der Waals surface area contributed by atoms with Crippen molar-refractivity contribution in [1.29, 1.82) is 0 Å². The molecule has 0 aliphatic heterocycles. The molecule has 2 aromatic carbocycles. The van der Waals surface area contributed by atoms with E-state index in [9.17, 15) is 0 Å². The predicted molar refractivity (Wildman–Crippen MR) is 72.3 cm³/mol. The minimum atomic E-state index is 0.932. The molecule has 4 rings (SSSR count). The van der Waals surface area contributed by atoms with E-state index in [4.69, 9.17) is 4.98 Å². The number of aromatic nitrogens is 3. The monoisotopic (exact) mass is 234 g/mol. The average Bonchev–Trinajstić information content (AvgIpc) is 2.75. The Labute approximate surface area is 104 Å². The van der Waals surface area contributed by atoms with Crippen LogP contribution in [0.2, 0.25) is 0 Å². The zero-order valence-corrected chi connectivity index (χ0v) is 10.0. The molecule has 3 heteroatoms. The fourth-order valence-corrected chi connectivity index (χ4v) is 2.52. The molecule has 0 amide bonds. The third-order valence-electron chi connectivity index (χ3n) is 3.35. The Hall–Kier alpha value is -2.42. The predicted octanol–water partition coefficient (Wildman–Crippen LogP) is 2.69. The van der Waals surface area contributed by atoms with Crippen LogP contribution in [0.1, 0.15) is 0 Å². The highest BCUT2D eigenvalue weighted by molar-refractivity contribution is 6.07. The number of hydrogen-bond acceptors (Lipinski definition) is 1. The molecule has 0 atom stereocenters. The van der Waals surface area contributed by atoms with Crippen LogP contribution in [0.3, 0.4) is 0 Å². The number of H-pyrrole nitrogens is 1. The first-order valence-corrected chi connectivity index (χ1v) is 5.98. The summed E-state index contributed by atoms with van der Waals surface area (Å²) in [7, 11) is 1.98. The SMILES string of the molecule is C[n+]1cc2cc3ccc4ccccc4c3nc2[nH]1. The maximum Gasteiger partial charge on any atom is 0.204 e. The molecule has 2 heterocycles. The van der Waals surface area contributed by atoms with Crippen LogP contribution in [0.5, 0.6) is 0 Å². The van der Waals surface area contributed by atoms with Crippen molar-refractivity contribution in [2.45, 2.75) is 0 Å². The molecule has 0 fully saturated rings. The van der Waals surface area contributed by atoms with Crippen molar-refractivity contribution in [2.24, 2.45) is 7.05 Å². The molecule has 0 saturated carbocycles. The van der Waals surface area contributed by atoms with Crippen LogP contribution in [0.4, 0.5) is 0 Å². The Morgan fingerprint density at radius 3 is 2.78 bits per heavy atom. The van der Waals surface area contributed by atoms with E-state index in [1.807, 2.05) is 11.7 Å². The Morgan fingerprint density at radius 2 is 1.83 bits per heavy atom. The normalized spacial score (nSPS) is 11.6. The van der Waals surface area contributed by atoms with Crippen molar-refractivity contribution < 1.29 is 4.68 Å². The summed E-state index contributed by atoms with van der Waals surface area (Å²) in [6.07, 6.45) is 2.05. The summed E-state index contributed by atoms with van der Waals surface area (Å²) in [6, 6.07) is 14.8. The van der Waals surface area contributed by atoms with E-state index in [0.29, 0.717) is 0 Å². The molecule has 2 aromatic heterocycles. The van der Waals surface area contributed by atoms with Crippen molar-refractivity contribution in [2.75, 3.05) is 0 Å². The lowest BCUT2D eigenvalue weighted by molar-refractivity contribution is -0.724. The lowest BCUT2D eigenvalue weighted by atomic mass is 10.1. The largest absolute Gasteiger partial charge is 0.224 e. The Balaban J connectivity index is 2.26. The van der Waals surface area contributed by atoms with Gasteiger partial charge in [-0.1, -0.05) is 36.4 Å². The minimum Gasteiger partial charge on any atom is -0.224 e. The van der Waals surface area contributed by atoms with Gasteiger partial charge in [-0.2, -0.15) is 0 Å². The summed E-state index contributed by atoms with van der Waals surface area (Å²) in [5.41, 5.74) is 1.99. The topological polar surface area (TPSA) is 32.6 Å². The number of benzene rings is 2. The van der Waals surface area contributed by atoms with Gasteiger partial charge in [-0.05, 0) is 11.5 Å². The summed E-state index contributed by atoms with van der Waals surface area (Å²) in [4.78, 5) is 4.75. The van der Waals surface area contributed by atoms with Crippen LogP contribution in [0, 0.1) is 0 Å². The van der Waals surface area contributed by atoms with Crippen LogP contribution in [0.15, 0.2) is 48.7 Å². The van der Waals surface area contributed by atoms with Crippen molar-refractivity contribution >= 4 is 32.7 Å². The quantitative estimate of drug-likeness (QED) is 0.368. The molecule has 4 aromatic rings. The second kappa shape index (κ2) is 3.29. The molecule has 0 radical (unpaired) electrons. The van der Waals surface area contributed by atoms with Crippen molar-refractivity contribution in [1.82, 2.24) is 10.1 Å². The van der Waals surface area contributed by atoms with E-state index in [-0.39, 0.29) is 0 Å². The van der Waals surface area contributed by atoms with Crippen LogP contribution >= 0.6 is 0 Å². The van der Waals surface area contributed by atoms with E-state index < -0.39 is 0 Å². The summed E-state index contributed by atoms with van der Waals surface area (Å²) >= 11 is 0. The van der Waals surface area contributed by atoms with Gasteiger partial charge in [-0.25, -0.2) is 4.98 Å². The number of nitrogens with one attached hydrogen (secondary N) is 1. The van der Waals surface area contributed by atoms with E-state index in [1.165, 1.54) is 16.2 Å². The van der Waals surface area contributed by atoms with Crippen LogP contribution in [-0.4, -0.2) is 10.1 Å². The zero-order valence-electron chi connectivity index (χ0n) is 10.0. The lowest BCUT2D eigenvalue weighted by Gasteiger charge is -2.02. The van der Waals surface area contributed by atoms with Crippen LogP contribution < -0.4 is 4.68 Å². The van der Waals surface area contributed by atoms with Crippen LogP contribution in [0.25, 0.3) is 32.7 Å². The summed E-state index contributed by atoms with van der Waals surface area (Å²) in [5, 5.41) is 7.97. The van der Waals surface area contributed by atoms with Crippen molar-refractivity contribution in [3.63, 3.8) is 0 Å². The highest BCUT2D eigenvalue weighted by atomic mass is 15.3. The number of pyridine rings is 1. The van der Waals surface area contributed by atoms with Gasteiger partial charge < -0.3 is 0 Å². The van der Waals surface area contributed by atoms with Gasteiger partial charge in [0.2, 0.25) is 6.20 Å². The molecule has 0 saturated heterocycles. The summed E-state index contributed by atoms with van der Waals surface area (Å²) in [5.74, 6) is 0. The molecule has 0 aliphatic rings. The number of rotatable bonds is 0. The van der Waals surface area contributed by atoms with Gasteiger partial charge in [-0.3, -0.25) is 0 Å². The molecule has 1 N–H and O–H groups in total. The van der Waals surface area contributed by atoms with E-state index >= 15 is 0 Å². The van der Waals surface area contributed by atoms with Gasteiger partial charge in [0.15, 0.2) is 12.7 Å². The first-order chi connectivity index (χ1) is 8.81. The smallest absolute Gasteiger partial charge is 0.204 e. The fourth-order valence-electron chi connectivity index (χ4n) is 2.52. The summed E-state index contributed by atoms with van der Waals surface area (Å²) in [6.45, 7) is 0. The van der Waals surface area contributed by atoms with Crippen LogP contribution in [-0.2, 0) is 7.05 Å². The number of fused-ring (bicyclic) bond motifs is 4. The molecule has 86 valence electrons. The van der Waals surface area contributed by atoms with Gasteiger partial charge in [0.1, 0.15) is 0 Å². The minimum absolute atomic E-state index is 0.932. The van der Waals surface area contributed by atoms with Gasteiger partial charge in [0, 0.05) is 10.8 Å². The number of nitrogens with zero attached hydrogens (tertiary/aromatic N) is 2. The molecule has 3 nitrogen and oxygen atoms in total. The molecule has 0 unspecified atom stereocenters. The second-order valence-electron chi connectivity index (χ2n) is 4.64. The highest BCUT2D eigenvalue weighted by Gasteiger charge is 2.08.